The van der Waals surface area contributed by atoms with Crippen molar-refractivity contribution < 1.29 is 27.5 Å². The molecule has 0 spiro atoms. The van der Waals surface area contributed by atoms with Crippen molar-refractivity contribution in [2.45, 2.75) is 18.9 Å². The molecular formula is C26H23F3N2O3. The lowest BCUT2D eigenvalue weighted by Gasteiger charge is -2.37. The van der Waals surface area contributed by atoms with Gasteiger partial charge in [0.15, 0.2) is 11.6 Å². The van der Waals surface area contributed by atoms with Crippen LogP contribution in [0.25, 0.3) is 0 Å². The molecule has 0 aliphatic carbocycles. The van der Waals surface area contributed by atoms with Crippen molar-refractivity contribution in [2.24, 2.45) is 5.92 Å². The van der Waals surface area contributed by atoms with E-state index in [1.165, 1.54) is 36.4 Å². The van der Waals surface area contributed by atoms with Gasteiger partial charge in [-0.1, -0.05) is 30.3 Å². The van der Waals surface area contributed by atoms with Crippen LogP contribution in [0.3, 0.4) is 0 Å². The topological polar surface area (TPSA) is 58.6 Å². The summed E-state index contributed by atoms with van der Waals surface area (Å²) in [4.78, 5) is 28.3. The fourth-order valence-corrected chi connectivity index (χ4v) is 4.22. The molecular weight excluding hydrogens is 445 g/mol. The maximum Gasteiger partial charge on any atom is 0.237 e. The van der Waals surface area contributed by atoms with E-state index >= 15 is 0 Å². The number of likely N-dealkylation sites (tertiary alicyclic amines) is 1. The van der Waals surface area contributed by atoms with Crippen LogP contribution in [-0.4, -0.2) is 30.4 Å². The van der Waals surface area contributed by atoms with Crippen molar-refractivity contribution in [1.82, 2.24) is 4.90 Å². The standard InChI is InChI=1S/C26H23F3N2O3/c1-34-19-11-5-16(6-12-19)15-31-14-13-20(17-7-9-18(27)10-8-17)23(26(31)33)25(32)30-22-4-2-3-21(28)24(22)29/h2-12,20,23H,13-15H2,1H3,(H,30,32)/t20-,23+/m1/s1. The maximum absolute atomic E-state index is 14.2. The molecule has 3 aromatic rings. The minimum absolute atomic E-state index is 0.275. The Labute approximate surface area is 195 Å². The molecule has 4 rings (SSSR count). The van der Waals surface area contributed by atoms with Gasteiger partial charge in [0, 0.05) is 19.0 Å². The predicted octanol–water partition coefficient (Wildman–Crippen LogP) is 4.88. The average molecular weight is 468 g/mol. The fraction of sp³-hybridized carbons (Fsp3) is 0.231. The summed E-state index contributed by atoms with van der Waals surface area (Å²) >= 11 is 0. The van der Waals surface area contributed by atoms with Gasteiger partial charge in [0.2, 0.25) is 11.8 Å². The van der Waals surface area contributed by atoms with E-state index in [4.69, 9.17) is 4.74 Å². The van der Waals surface area contributed by atoms with Gasteiger partial charge < -0.3 is 15.0 Å². The van der Waals surface area contributed by atoms with E-state index in [1.807, 2.05) is 12.1 Å². The number of ether oxygens (including phenoxy) is 1. The molecule has 2 amide bonds. The molecule has 1 saturated heterocycles. The molecule has 0 saturated carbocycles. The van der Waals surface area contributed by atoms with E-state index in [-0.39, 0.29) is 12.2 Å². The molecule has 34 heavy (non-hydrogen) atoms. The normalized spacial score (nSPS) is 18.0. The smallest absolute Gasteiger partial charge is 0.237 e. The fourth-order valence-electron chi connectivity index (χ4n) is 4.22. The first-order valence-corrected chi connectivity index (χ1v) is 10.8. The summed E-state index contributed by atoms with van der Waals surface area (Å²) in [6.45, 7) is 0.655. The van der Waals surface area contributed by atoms with E-state index in [0.29, 0.717) is 24.3 Å². The Kier molecular flexibility index (Phi) is 6.86. The highest BCUT2D eigenvalue weighted by atomic mass is 19.2. The van der Waals surface area contributed by atoms with E-state index in [9.17, 15) is 22.8 Å². The first-order chi connectivity index (χ1) is 16.4. The van der Waals surface area contributed by atoms with Gasteiger partial charge in [-0.3, -0.25) is 9.59 Å². The predicted molar refractivity (Wildman–Crippen MR) is 121 cm³/mol. The first kappa shape index (κ1) is 23.4. The number of anilines is 1. The molecule has 0 aromatic heterocycles. The summed E-state index contributed by atoms with van der Waals surface area (Å²) in [5.41, 5.74) is 1.13. The molecule has 1 heterocycles. The lowest BCUT2D eigenvalue weighted by atomic mass is 9.79. The third-order valence-corrected chi connectivity index (χ3v) is 6.01. The summed E-state index contributed by atoms with van der Waals surface area (Å²) in [6.07, 6.45) is 0.442. The van der Waals surface area contributed by atoms with Gasteiger partial charge in [0.25, 0.3) is 0 Å². The Morgan fingerprint density at radius 1 is 1.03 bits per heavy atom. The number of methoxy groups -OCH3 is 1. The number of benzene rings is 3. The Bertz CT molecular complexity index is 1180. The summed E-state index contributed by atoms with van der Waals surface area (Å²) < 4.78 is 46.5. The molecule has 5 nitrogen and oxygen atoms in total. The molecule has 2 atom stereocenters. The number of carbonyl (C=O) groups excluding carboxylic acids is 2. The Balaban J connectivity index is 1.62. The number of carbonyl (C=O) groups is 2. The van der Waals surface area contributed by atoms with Gasteiger partial charge in [0.1, 0.15) is 17.5 Å². The molecule has 0 bridgehead atoms. The zero-order valence-corrected chi connectivity index (χ0v) is 18.4. The number of halogens is 3. The summed E-state index contributed by atoms with van der Waals surface area (Å²) in [6, 6.07) is 16.3. The van der Waals surface area contributed by atoms with E-state index in [2.05, 4.69) is 5.32 Å². The highest BCUT2D eigenvalue weighted by Crippen LogP contribution is 2.36. The van der Waals surface area contributed by atoms with Crippen LogP contribution >= 0.6 is 0 Å². The summed E-state index contributed by atoms with van der Waals surface area (Å²) in [5.74, 6) is -4.99. The van der Waals surface area contributed by atoms with Crippen molar-refractivity contribution in [1.29, 1.82) is 0 Å². The zero-order chi connectivity index (χ0) is 24.2. The van der Waals surface area contributed by atoms with Crippen molar-refractivity contribution >= 4 is 17.5 Å². The second kappa shape index (κ2) is 9.99. The number of hydrogen-bond acceptors (Lipinski definition) is 3. The maximum atomic E-state index is 14.2. The lowest BCUT2D eigenvalue weighted by molar-refractivity contribution is -0.145. The van der Waals surface area contributed by atoms with Crippen LogP contribution in [0, 0.1) is 23.4 Å². The van der Waals surface area contributed by atoms with Crippen LogP contribution in [0.4, 0.5) is 18.9 Å². The van der Waals surface area contributed by atoms with Crippen LogP contribution in [0.15, 0.2) is 66.7 Å². The van der Waals surface area contributed by atoms with Gasteiger partial charge >= 0.3 is 0 Å². The molecule has 0 unspecified atom stereocenters. The van der Waals surface area contributed by atoms with Crippen LogP contribution in [0.5, 0.6) is 5.75 Å². The molecule has 0 radical (unpaired) electrons. The van der Waals surface area contributed by atoms with Crippen molar-refractivity contribution in [2.75, 3.05) is 19.0 Å². The van der Waals surface area contributed by atoms with Gasteiger partial charge in [-0.05, 0) is 53.9 Å². The van der Waals surface area contributed by atoms with Gasteiger partial charge in [-0.15, -0.1) is 0 Å². The van der Waals surface area contributed by atoms with Crippen molar-refractivity contribution in [3.8, 4) is 5.75 Å². The van der Waals surface area contributed by atoms with E-state index in [0.717, 1.165) is 11.6 Å². The monoisotopic (exact) mass is 468 g/mol. The Morgan fingerprint density at radius 3 is 2.41 bits per heavy atom. The van der Waals surface area contributed by atoms with Crippen molar-refractivity contribution in [3.05, 3.63) is 95.3 Å². The second-order valence-electron chi connectivity index (χ2n) is 8.12. The largest absolute Gasteiger partial charge is 0.497 e. The van der Waals surface area contributed by atoms with Crippen LogP contribution < -0.4 is 10.1 Å². The number of nitrogens with one attached hydrogen (secondary N) is 1. The van der Waals surface area contributed by atoms with Crippen LogP contribution in [0.2, 0.25) is 0 Å². The van der Waals surface area contributed by atoms with E-state index in [1.54, 1.807) is 24.1 Å². The molecule has 1 aliphatic rings. The van der Waals surface area contributed by atoms with Gasteiger partial charge in [0.05, 0.1) is 12.8 Å². The second-order valence-corrected chi connectivity index (χ2v) is 8.12. The van der Waals surface area contributed by atoms with E-state index < -0.39 is 41.1 Å². The van der Waals surface area contributed by atoms with Gasteiger partial charge in [-0.2, -0.15) is 0 Å². The number of rotatable bonds is 6. The highest BCUT2D eigenvalue weighted by Gasteiger charge is 2.42. The highest BCUT2D eigenvalue weighted by molar-refractivity contribution is 6.07. The Hall–Kier alpha value is -3.81. The number of piperidine rings is 1. The SMILES string of the molecule is COc1ccc(CN2CC[C@H](c3ccc(F)cc3)[C@@H](C(=O)Nc3cccc(F)c3F)C2=O)cc1. The molecule has 1 aliphatic heterocycles. The summed E-state index contributed by atoms with van der Waals surface area (Å²) in [5, 5.41) is 2.37. The first-order valence-electron chi connectivity index (χ1n) is 10.8. The molecule has 1 fully saturated rings. The minimum Gasteiger partial charge on any atom is -0.497 e. The third-order valence-electron chi connectivity index (χ3n) is 6.01. The molecule has 8 heteroatoms. The third kappa shape index (κ3) is 4.90. The molecule has 3 aromatic carbocycles. The number of nitrogens with zero attached hydrogens (tertiary/aromatic N) is 1. The van der Waals surface area contributed by atoms with Crippen LogP contribution in [-0.2, 0) is 16.1 Å². The molecule has 176 valence electrons. The average Bonchev–Trinajstić information content (AvgIpc) is 2.84. The number of amides is 2. The lowest BCUT2D eigenvalue weighted by Crippen LogP contribution is -2.49. The number of hydrogen-bond donors (Lipinski definition) is 1. The quantitative estimate of drug-likeness (QED) is 0.525. The van der Waals surface area contributed by atoms with Crippen molar-refractivity contribution in [3.63, 3.8) is 0 Å². The molecule has 1 N–H and O–H groups in total. The summed E-state index contributed by atoms with van der Waals surface area (Å²) in [7, 11) is 1.56. The minimum atomic E-state index is -1.20. The Morgan fingerprint density at radius 2 is 1.74 bits per heavy atom. The van der Waals surface area contributed by atoms with Crippen LogP contribution in [0.1, 0.15) is 23.5 Å². The zero-order valence-electron chi connectivity index (χ0n) is 18.4. The van der Waals surface area contributed by atoms with Gasteiger partial charge in [-0.25, -0.2) is 13.2 Å².